The minimum absolute atomic E-state index is 0.00971. The maximum absolute atomic E-state index is 12.4. The van der Waals surface area contributed by atoms with Gasteiger partial charge in [0.15, 0.2) is 0 Å². The summed E-state index contributed by atoms with van der Waals surface area (Å²) in [5.74, 6) is 0.574. The molecule has 1 N–H and O–H groups in total. The summed E-state index contributed by atoms with van der Waals surface area (Å²) >= 11 is 0. The largest absolute Gasteiger partial charge is 0.474 e. The fourth-order valence-corrected chi connectivity index (χ4v) is 1.94. The van der Waals surface area contributed by atoms with Gasteiger partial charge < -0.3 is 10.1 Å². The van der Waals surface area contributed by atoms with Crippen molar-refractivity contribution in [3.05, 3.63) is 23.9 Å². The van der Waals surface area contributed by atoms with Crippen LogP contribution < -0.4 is 10.1 Å². The number of alkyl halides is 3. The molecule has 0 bridgehead atoms. The molecule has 0 aromatic carbocycles. The summed E-state index contributed by atoms with van der Waals surface area (Å²) in [7, 11) is 0. The SMILES string of the molecule is C[C@H]1CNCC[C@H]1Oc1ccc(C(F)(F)F)cn1. The molecule has 0 spiro atoms. The van der Waals surface area contributed by atoms with Crippen LogP contribution in [0.15, 0.2) is 18.3 Å². The summed E-state index contributed by atoms with van der Waals surface area (Å²) in [5.41, 5.74) is -0.756. The maximum Gasteiger partial charge on any atom is 0.417 e. The second-order valence-corrected chi connectivity index (χ2v) is 4.51. The minimum atomic E-state index is -4.35. The molecule has 1 aromatic heterocycles. The second-order valence-electron chi connectivity index (χ2n) is 4.51. The maximum atomic E-state index is 12.4. The number of hydrogen-bond donors (Lipinski definition) is 1. The van der Waals surface area contributed by atoms with E-state index < -0.39 is 11.7 Å². The summed E-state index contributed by atoms with van der Waals surface area (Å²) in [6.07, 6.45) is -2.70. The molecule has 0 saturated carbocycles. The van der Waals surface area contributed by atoms with Crippen molar-refractivity contribution >= 4 is 0 Å². The highest BCUT2D eigenvalue weighted by molar-refractivity contribution is 5.20. The number of pyridine rings is 1. The lowest BCUT2D eigenvalue weighted by atomic mass is 9.98. The summed E-state index contributed by atoms with van der Waals surface area (Å²) in [5, 5.41) is 3.23. The Labute approximate surface area is 103 Å². The van der Waals surface area contributed by atoms with E-state index >= 15 is 0 Å². The molecular weight excluding hydrogens is 245 g/mol. The quantitative estimate of drug-likeness (QED) is 0.887. The van der Waals surface area contributed by atoms with Crippen LogP contribution in [0.2, 0.25) is 0 Å². The predicted octanol–water partition coefficient (Wildman–Crippen LogP) is 2.48. The Morgan fingerprint density at radius 1 is 1.39 bits per heavy atom. The van der Waals surface area contributed by atoms with Crippen molar-refractivity contribution in [3.8, 4) is 5.88 Å². The molecule has 3 nitrogen and oxygen atoms in total. The van der Waals surface area contributed by atoms with Crippen LogP contribution >= 0.6 is 0 Å². The Kier molecular flexibility index (Phi) is 3.75. The molecule has 2 rings (SSSR count). The lowest BCUT2D eigenvalue weighted by Gasteiger charge is -2.29. The molecule has 100 valence electrons. The van der Waals surface area contributed by atoms with E-state index in [2.05, 4.69) is 10.3 Å². The minimum Gasteiger partial charge on any atom is -0.474 e. The molecule has 1 aliphatic heterocycles. The van der Waals surface area contributed by atoms with Gasteiger partial charge in [0, 0.05) is 24.7 Å². The first-order chi connectivity index (χ1) is 8.47. The lowest BCUT2D eigenvalue weighted by Crippen LogP contribution is -2.41. The third-order valence-corrected chi connectivity index (χ3v) is 3.04. The molecule has 2 heterocycles. The van der Waals surface area contributed by atoms with Crippen molar-refractivity contribution in [2.75, 3.05) is 13.1 Å². The zero-order chi connectivity index (χ0) is 13.2. The summed E-state index contributed by atoms with van der Waals surface area (Å²) in [6.45, 7) is 3.75. The van der Waals surface area contributed by atoms with E-state index in [4.69, 9.17) is 4.74 Å². The number of nitrogens with one attached hydrogen (secondary N) is 1. The van der Waals surface area contributed by atoms with Crippen LogP contribution in [-0.4, -0.2) is 24.2 Å². The van der Waals surface area contributed by atoms with Crippen LogP contribution in [0.1, 0.15) is 18.9 Å². The molecule has 1 aromatic rings. The summed E-state index contributed by atoms with van der Waals surface area (Å²) in [4.78, 5) is 3.71. The number of halogens is 3. The van der Waals surface area contributed by atoms with E-state index in [-0.39, 0.29) is 12.0 Å². The van der Waals surface area contributed by atoms with E-state index in [0.29, 0.717) is 5.92 Å². The van der Waals surface area contributed by atoms with Gasteiger partial charge in [0.05, 0.1) is 5.56 Å². The van der Waals surface area contributed by atoms with Crippen molar-refractivity contribution < 1.29 is 17.9 Å². The van der Waals surface area contributed by atoms with E-state index in [1.165, 1.54) is 6.07 Å². The summed E-state index contributed by atoms with van der Waals surface area (Å²) in [6, 6.07) is 2.27. The van der Waals surface area contributed by atoms with Gasteiger partial charge in [-0.3, -0.25) is 0 Å². The Hall–Kier alpha value is -1.30. The molecule has 0 amide bonds. The number of piperidine rings is 1. The Bertz CT molecular complexity index is 391. The molecule has 1 fully saturated rings. The monoisotopic (exact) mass is 260 g/mol. The summed E-state index contributed by atoms with van der Waals surface area (Å²) < 4.78 is 42.7. The molecule has 0 unspecified atom stereocenters. The van der Waals surface area contributed by atoms with Gasteiger partial charge in [0.25, 0.3) is 0 Å². The van der Waals surface area contributed by atoms with Crippen LogP contribution in [0.25, 0.3) is 0 Å². The van der Waals surface area contributed by atoms with Gasteiger partial charge in [-0.2, -0.15) is 13.2 Å². The van der Waals surface area contributed by atoms with Crippen molar-refractivity contribution in [2.24, 2.45) is 5.92 Å². The topological polar surface area (TPSA) is 34.1 Å². The fourth-order valence-electron chi connectivity index (χ4n) is 1.94. The van der Waals surface area contributed by atoms with Gasteiger partial charge in [-0.05, 0) is 19.0 Å². The van der Waals surface area contributed by atoms with Crippen LogP contribution in [0.3, 0.4) is 0 Å². The van der Waals surface area contributed by atoms with Gasteiger partial charge in [0.1, 0.15) is 6.10 Å². The van der Waals surface area contributed by atoms with Gasteiger partial charge in [-0.25, -0.2) is 4.98 Å². The Morgan fingerprint density at radius 3 is 2.72 bits per heavy atom. The van der Waals surface area contributed by atoms with E-state index in [0.717, 1.165) is 31.8 Å². The molecule has 18 heavy (non-hydrogen) atoms. The van der Waals surface area contributed by atoms with Crippen LogP contribution in [-0.2, 0) is 6.18 Å². The Morgan fingerprint density at radius 2 is 2.17 bits per heavy atom. The molecule has 0 radical (unpaired) electrons. The van der Waals surface area contributed by atoms with Gasteiger partial charge in [-0.1, -0.05) is 6.92 Å². The van der Waals surface area contributed by atoms with Crippen LogP contribution in [0.5, 0.6) is 5.88 Å². The molecule has 1 aliphatic rings. The standard InChI is InChI=1S/C12H15F3N2O/c1-8-6-16-5-4-10(8)18-11-3-2-9(7-17-11)12(13,14)15/h2-3,7-8,10,16H,4-6H2,1H3/t8-,10+/m0/s1. The molecule has 6 heteroatoms. The van der Waals surface area contributed by atoms with Gasteiger partial charge in [-0.15, -0.1) is 0 Å². The first-order valence-corrected chi connectivity index (χ1v) is 5.87. The first kappa shape index (κ1) is 13.1. The number of aromatic nitrogens is 1. The second kappa shape index (κ2) is 5.14. The lowest BCUT2D eigenvalue weighted by molar-refractivity contribution is -0.137. The molecular formula is C12H15F3N2O. The van der Waals surface area contributed by atoms with Crippen LogP contribution in [0, 0.1) is 5.92 Å². The highest BCUT2D eigenvalue weighted by atomic mass is 19.4. The molecule has 0 aliphatic carbocycles. The fraction of sp³-hybridized carbons (Fsp3) is 0.583. The first-order valence-electron chi connectivity index (χ1n) is 5.87. The number of rotatable bonds is 2. The van der Waals surface area contributed by atoms with Gasteiger partial charge in [0.2, 0.25) is 5.88 Å². The van der Waals surface area contributed by atoms with E-state index in [9.17, 15) is 13.2 Å². The van der Waals surface area contributed by atoms with Crippen molar-refractivity contribution in [3.63, 3.8) is 0 Å². The van der Waals surface area contributed by atoms with Crippen molar-refractivity contribution in [1.29, 1.82) is 0 Å². The van der Waals surface area contributed by atoms with E-state index in [1.807, 2.05) is 6.92 Å². The zero-order valence-corrected chi connectivity index (χ0v) is 10.00. The average Bonchev–Trinajstić information content (AvgIpc) is 2.32. The smallest absolute Gasteiger partial charge is 0.417 e. The number of nitrogens with zero attached hydrogens (tertiary/aromatic N) is 1. The average molecular weight is 260 g/mol. The number of ether oxygens (including phenoxy) is 1. The third kappa shape index (κ3) is 3.13. The highest BCUT2D eigenvalue weighted by Crippen LogP contribution is 2.29. The Balaban J connectivity index is 2.02. The van der Waals surface area contributed by atoms with Gasteiger partial charge >= 0.3 is 6.18 Å². The third-order valence-electron chi connectivity index (χ3n) is 3.04. The van der Waals surface area contributed by atoms with Crippen molar-refractivity contribution in [1.82, 2.24) is 10.3 Å². The predicted molar refractivity (Wildman–Crippen MR) is 60.3 cm³/mol. The highest BCUT2D eigenvalue weighted by Gasteiger charge is 2.31. The van der Waals surface area contributed by atoms with E-state index in [1.54, 1.807) is 0 Å². The number of hydrogen-bond acceptors (Lipinski definition) is 3. The van der Waals surface area contributed by atoms with Crippen molar-refractivity contribution in [2.45, 2.75) is 25.6 Å². The van der Waals surface area contributed by atoms with Crippen LogP contribution in [0.4, 0.5) is 13.2 Å². The molecule has 2 atom stereocenters. The normalized spacial score (nSPS) is 24.9. The zero-order valence-electron chi connectivity index (χ0n) is 10.00. The molecule has 1 saturated heterocycles.